The van der Waals surface area contributed by atoms with E-state index in [9.17, 15) is 0 Å². The van der Waals surface area contributed by atoms with Gasteiger partial charge in [-0.05, 0) is 54.8 Å². The largest absolute Gasteiger partial charge is 0.369 e. The van der Waals surface area contributed by atoms with E-state index in [4.69, 9.17) is 27.1 Å². The van der Waals surface area contributed by atoms with E-state index in [0.29, 0.717) is 17.5 Å². The fraction of sp³-hybridized carbons (Fsp3) is 0.0870. The Morgan fingerprint density at radius 1 is 0.966 bits per heavy atom. The Hall–Kier alpha value is -3.80. The first kappa shape index (κ1) is 18.6. The van der Waals surface area contributed by atoms with Gasteiger partial charge >= 0.3 is 0 Å². The number of hydrogen-bond acceptors (Lipinski definition) is 4. The second-order valence-electron chi connectivity index (χ2n) is 6.66. The third kappa shape index (κ3) is 3.91. The number of nitrogens with one attached hydrogen (secondary N) is 1. The van der Waals surface area contributed by atoms with Crippen molar-refractivity contribution in [3.63, 3.8) is 0 Å². The summed E-state index contributed by atoms with van der Waals surface area (Å²) in [5, 5.41) is 21.3. The van der Waals surface area contributed by atoms with Crippen LogP contribution in [0.4, 0.5) is 0 Å². The van der Waals surface area contributed by atoms with Crippen LogP contribution in [0.2, 0.25) is 0 Å². The Kier molecular flexibility index (Phi) is 4.91. The van der Waals surface area contributed by atoms with Gasteiger partial charge in [-0.3, -0.25) is 0 Å². The number of nitrogens with zero attached hydrogens (tertiary/aromatic N) is 4. The fourth-order valence-corrected chi connectivity index (χ4v) is 3.41. The van der Waals surface area contributed by atoms with Crippen LogP contribution in [-0.2, 0) is 6.42 Å². The molecule has 1 N–H and O–H groups in total. The summed E-state index contributed by atoms with van der Waals surface area (Å²) in [5.41, 5.74) is 3.78. The molecule has 29 heavy (non-hydrogen) atoms. The highest BCUT2D eigenvalue weighted by molar-refractivity contribution is 6.25. The van der Waals surface area contributed by atoms with Gasteiger partial charge in [0, 0.05) is 23.9 Å². The van der Waals surface area contributed by atoms with Gasteiger partial charge < -0.3 is 9.88 Å². The summed E-state index contributed by atoms with van der Waals surface area (Å²) in [5.74, 6) is 0.775. The molecule has 0 fully saturated rings. The summed E-state index contributed by atoms with van der Waals surface area (Å²) in [6, 6.07) is 18.9. The third-order valence-electron chi connectivity index (χ3n) is 4.67. The quantitative estimate of drug-likeness (QED) is 0.521. The van der Waals surface area contributed by atoms with Crippen LogP contribution in [0.25, 0.3) is 16.9 Å². The van der Waals surface area contributed by atoms with Crippen LogP contribution in [0, 0.1) is 22.7 Å². The molecular formula is C23H16ClN5. The first-order valence-corrected chi connectivity index (χ1v) is 9.38. The van der Waals surface area contributed by atoms with E-state index in [1.807, 2.05) is 59.5 Å². The number of alkyl halides is 1. The Morgan fingerprint density at radius 3 is 2.21 bits per heavy atom. The molecule has 6 heteroatoms. The highest BCUT2D eigenvalue weighted by Gasteiger charge is 2.27. The Morgan fingerprint density at radius 2 is 1.62 bits per heavy atom. The van der Waals surface area contributed by atoms with Crippen LogP contribution in [0.5, 0.6) is 0 Å². The van der Waals surface area contributed by atoms with Gasteiger partial charge in [-0.1, -0.05) is 29.8 Å². The SMILES string of the molecule is N#Cc1ccc(-c2cn(-c3ccc(C#N)cc3)c(CC3(Cl)C=CC=CN3)n2)cc1. The van der Waals surface area contributed by atoms with Gasteiger partial charge in [0.2, 0.25) is 0 Å². The van der Waals surface area contributed by atoms with E-state index >= 15 is 0 Å². The van der Waals surface area contributed by atoms with E-state index in [1.165, 1.54) is 0 Å². The van der Waals surface area contributed by atoms with Crippen LogP contribution in [0.3, 0.4) is 0 Å². The molecule has 1 unspecified atom stereocenters. The summed E-state index contributed by atoms with van der Waals surface area (Å²) in [7, 11) is 0. The minimum Gasteiger partial charge on any atom is -0.369 e. The standard InChI is InChI=1S/C23H16ClN5/c24-23(11-1-2-12-27-23)13-22-28-21(19-7-3-17(14-25)4-8-19)16-29(22)20-9-5-18(15-26)6-10-20/h1-12,16,27H,13H2. The smallest absolute Gasteiger partial charge is 0.138 e. The lowest BCUT2D eigenvalue weighted by molar-refractivity contribution is 0.594. The molecule has 1 aliphatic rings. The number of imidazole rings is 1. The molecular weight excluding hydrogens is 382 g/mol. The van der Waals surface area contributed by atoms with Gasteiger partial charge in [0.25, 0.3) is 0 Å². The summed E-state index contributed by atoms with van der Waals surface area (Å²) < 4.78 is 1.98. The van der Waals surface area contributed by atoms with Crippen LogP contribution in [0.15, 0.2) is 79.2 Å². The first-order valence-electron chi connectivity index (χ1n) is 9.00. The molecule has 1 aromatic heterocycles. The molecule has 3 aromatic rings. The molecule has 0 radical (unpaired) electrons. The maximum atomic E-state index is 9.07. The van der Waals surface area contributed by atoms with Crippen molar-refractivity contribution >= 4 is 11.6 Å². The fourth-order valence-electron chi connectivity index (χ4n) is 3.16. The van der Waals surface area contributed by atoms with E-state index in [-0.39, 0.29) is 0 Å². The molecule has 5 nitrogen and oxygen atoms in total. The molecule has 0 bridgehead atoms. The summed E-state index contributed by atoms with van der Waals surface area (Å²) in [6.07, 6.45) is 9.89. The zero-order chi connectivity index (χ0) is 20.3. The molecule has 0 saturated carbocycles. The average molecular weight is 398 g/mol. The van der Waals surface area contributed by atoms with Crippen molar-refractivity contribution in [2.24, 2.45) is 0 Å². The van der Waals surface area contributed by atoms with Crippen LogP contribution in [-0.4, -0.2) is 14.5 Å². The molecule has 0 aliphatic carbocycles. The predicted molar refractivity (Wildman–Crippen MR) is 112 cm³/mol. The normalized spacial score (nSPS) is 17.3. The Labute approximate surface area is 173 Å². The molecule has 0 saturated heterocycles. The molecule has 2 aromatic carbocycles. The summed E-state index contributed by atoms with van der Waals surface area (Å²) in [4.78, 5) is 4.06. The Balaban J connectivity index is 1.77. The molecule has 140 valence electrons. The van der Waals surface area contributed by atoms with Gasteiger partial charge in [0.1, 0.15) is 10.8 Å². The predicted octanol–water partition coefficient (Wildman–Crippen LogP) is 4.43. The molecule has 2 heterocycles. The molecule has 1 atom stereocenters. The van der Waals surface area contributed by atoms with E-state index in [2.05, 4.69) is 17.5 Å². The number of halogens is 1. The second-order valence-corrected chi connectivity index (χ2v) is 7.34. The number of nitriles is 2. The van der Waals surface area contributed by atoms with Gasteiger partial charge in [-0.25, -0.2) is 4.98 Å². The molecule has 1 aliphatic heterocycles. The zero-order valence-corrected chi connectivity index (χ0v) is 16.1. The van der Waals surface area contributed by atoms with Crippen molar-refractivity contribution in [3.8, 4) is 29.1 Å². The molecule has 0 spiro atoms. The minimum atomic E-state index is -0.771. The maximum absolute atomic E-state index is 9.07. The first-order chi connectivity index (χ1) is 14.1. The maximum Gasteiger partial charge on any atom is 0.138 e. The van der Waals surface area contributed by atoms with Gasteiger partial charge in [-0.2, -0.15) is 10.5 Å². The number of rotatable bonds is 4. The van der Waals surface area contributed by atoms with Crippen molar-refractivity contribution in [3.05, 3.63) is 96.1 Å². The van der Waals surface area contributed by atoms with E-state index in [1.54, 1.807) is 24.3 Å². The topological polar surface area (TPSA) is 77.4 Å². The molecule has 4 rings (SSSR count). The van der Waals surface area contributed by atoms with Crippen LogP contribution < -0.4 is 5.32 Å². The van der Waals surface area contributed by atoms with Crippen molar-refractivity contribution < 1.29 is 0 Å². The highest BCUT2D eigenvalue weighted by atomic mass is 35.5. The number of dihydropyridines is 1. The second kappa shape index (κ2) is 7.67. The van der Waals surface area contributed by atoms with Gasteiger partial charge in [-0.15, -0.1) is 0 Å². The minimum absolute atomic E-state index is 0.450. The number of allylic oxidation sites excluding steroid dienone is 2. The van der Waals surface area contributed by atoms with Crippen LogP contribution >= 0.6 is 11.6 Å². The van der Waals surface area contributed by atoms with Crippen molar-refractivity contribution in [2.75, 3.05) is 0 Å². The van der Waals surface area contributed by atoms with Crippen molar-refractivity contribution in [1.82, 2.24) is 14.9 Å². The lowest BCUT2D eigenvalue weighted by Gasteiger charge is -2.25. The van der Waals surface area contributed by atoms with Crippen molar-refractivity contribution in [2.45, 2.75) is 11.4 Å². The summed E-state index contributed by atoms with van der Waals surface area (Å²) >= 11 is 6.73. The lowest BCUT2D eigenvalue weighted by Crippen LogP contribution is -2.38. The molecule has 0 amide bonds. The Bertz CT molecular complexity index is 1170. The van der Waals surface area contributed by atoms with E-state index < -0.39 is 5.00 Å². The monoisotopic (exact) mass is 397 g/mol. The van der Waals surface area contributed by atoms with Gasteiger partial charge in [0.05, 0.1) is 29.0 Å². The zero-order valence-electron chi connectivity index (χ0n) is 15.4. The van der Waals surface area contributed by atoms with Crippen molar-refractivity contribution in [1.29, 1.82) is 10.5 Å². The lowest BCUT2D eigenvalue weighted by atomic mass is 10.1. The highest BCUT2D eigenvalue weighted by Crippen LogP contribution is 2.27. The van der Waals surface area contributed by atoms with Crippen LogP contribution in [0.1, 0.15) is 17.0 Å². The number of benzene rings is 2. The summed E-state index contributed by atoms with van der Waals surface area (Å²) in [6.45, 7) is 0. The average Bonchev–Trinajstić information content (AvgIpc) is 3.17. The number of aromatic nitrogens is 2. The third-order valence-corrected chi connectivity index (χ3v) is 5.04. The van der Waals surface area contributed by atoms with E-state index in [0.717, 1.165) is 22.8 Å². The number of hydrogen-bond donors (Lipinski definition) is 1. The van der Waals surface area contributed by atoms with Gasteiger partial charge in [0.15, 0.2) is 0 Å².